The van der Waals surface area contributed by atoms with Gasteiger partial charge in [0.05, 0.1) is 12.9 Å². The van der Waals surface area contributed by atoms with Gasteiger partial charge in [0.15, 0.2) is 11.0 Å². The SMILES string of the molecule is CCc1c(-c2nnc(SCC(=O)Nc3sc(C)c(-c4ccccc4)c3C(=O)OC)n2C)csc1C. The predicted molar refractivity (Wildman–Crippen MR) is 144 cm³/mol. The number of benzene rings is 1. The fraction of sp³-hybridized carbons (Fsp3) is 0.280. The van der Waals surface area contributed by atoms with Crippen molar-refractivity contribution in [2.45, 2.75) is 32.3 Å². The third kappa shape index (κ3) is 5.05. The number of hydrogen-bond acceptors (Lipinski definition) is 8. The third-order valence-corrected chi connectivity index (χ3v) is 8.65. The Bertz CT molecular complexity index is 1370. The molecule has 3 heterocycles. The van der Waals surface area contributed by atoms with Crippen molar-refractivity contribution >= 4 is 51.3 Å². The second kappa shape index (κ2) is 10.8. The van der Waals surface area contributed by atoms with Gasteiger partial charge in [-0.2, -0.15) is 0 Å². The van der Waals surface area contributed by atoms with Crippen molar-refractivity contribution < 1.29 is 14.3 Å². The number of aromatic nitrogens is 3. The normalized spacial score (nSPS) is 11.0. The van der Waals surface area contributed by atoms with E-state index in [1.807, 2.05) is 48.9 Å². The van der Waals surface area contributed by atoms with E-state index < -0.39 is 5.97 Å². The first-order valence-corrected chi connectivity index (χ1v) is 13.7. The first-order valence-electron chi connectivity index (χ1n) is 11.0. The molecule has 1 N–H and O–H groups in total. The molecule has 0 spiro atoms. The summed E-state index contributed by atoms with van der Waals surface area (Å²) < 4.78 is 6.95. The van der Waals surface area contributed by atoms with Gasteiger partial charge in [-0.25, -0.2) is 4.79 Å². The molecule has 35 heavy (non-hydrogen) atoms. The smallest absolute Gasteiger partial charge is 0.341 e. The maximum Gasteiger partial charge on any atom is 0.341 e. The maximum atomic E-state index is 12.9. The Hall–Kier alpha value is -2.95. The van der Waals surface area contributed by atoms with E-state index in [-0.39, 0.29) is 11.7 Å². The molecule has 182 valence electrons. The number of ether oxygens (including phenoxy) is 1. The fourth-order valence-corrected chi connectivity index (χ4v) is 6.69. The molecule has 10 heteroatoms. The molecule has 3 aromatic heterocycles. The summed E-state index contributed by atoms with van der Waals surface area (Å²) in [6, 6.07) is 9.63. The van der Waals surface area contributed by atoms with Gasteiger partial charge in [-0.05, 0) is 31.4 Å². The summed E-state index contributed by atoms with van der Waals surface area (Å²) in [4.78, 5) is 27.7. The summed E-state index contributed by atoms with van der Waals surface area (Å²) in [7, 11) is 3.25. The van der Waals surface area contributed by atoms with Crippen LogP contribution in [0.5, 0.6) is 0 Å². The van der Waals surface area contributed by atoms with Crippen LogP contribution in [-0.4, -0.2) is 39.5 Å². The molecule has 0 aliphatic heterocycles. The Morgan fingerprint density at radius 1 is 1.14 bits per heavy atom. The Morgan fingerprint density at radius 3 is 2.57 bits per heavy atom. The van der Waals surface area contributed by atoms with Gasteiger partial charge in [-0.15, -0.1) is 32.9 Å². The predicted octanol–water partition coefficient (Wildman–Crippen LogP) is 5.97. The van der Waals surface area contributed by atoms with E-state index in [1.54, 1.807) is 11.3 Å². The highest BCUT2D eigenvalue weighted by molar-refractivity contribution is 7.99. The number of carbonyl (C=O) groups excluding carboxylic acids is 2. The number of esters is 1. The lowest BCUT2D eigenvalue weighted by Crippen LogP contribution is -2.16. The van der Waals surface area contributed by atoms with Crippen molar-refractivity contribution in [3.05, 3.63) is 56.6 Å². The highest BCUT2D eigenvalue weighted by Gasteiger charge is 2.25. The summed E-state index contributed by atoms with van der Waals surface area (Å²) in [5.41, 5.74) is 4.42. The van der Waals surface area contributed by atoms with Crippen molar-refractivity contribution in [1.82, 2.24) is 14.8 Å². The molecule has 0 radical (unpaired) electrons. The van der Waals surface area contributed by atoms with E-state index >= 15 is 0 Å². The van der Waals surface area contributed by atoms with E-state index in [4.69, 9.17) is 4.74 Å². The summed E-state index contributed by atoms with van der Waals surface area (Å²) in [5.74, 6) is 0.217. The number of anilines is 1. The number of amides is 1. The molecular weight excluding hydrogens is 501 g/mol. The molecule has 0 unspecified atom stereocenters. The molecule has 0 saturated heterocycles. The first-order chi connectivity index (χ1) is 16.8. The van der Waals surface area contributed by atoms with Crippen LogP contribution in [0, 0.1) is 13.8 Å². The van der Waals surface area contributed by atoms with E-state index in [0.29, 0.717) is 15.7 Å². The minimum atomic E-state index is -0.480. The number of thioether (sulfide) groups is 1. The summed E-state index contributed by atoms with van der Waals surface area (Å²) in [6.07, 6.45) is 0.927. The second-order valence-corrected chi connectivity index (χ2v) is 11.1. The number of hydrogen-bond donors (Lipinski definition) is 1. The van der Waals surface area contributed by atoms with Crippen LogP contribution >= 0.6 is 34.4 Å². The van der Waals surface area contributed by atoms with Gasteiger partial charge in [0.25, 0.3) is 0 Å². The number of carbonyl (C=O) groups is 2. The van der Waals surface area contributed by atoms with Crippen LogP contribution in [0.1, 0.15) is 32.6 Å². The maximum absolute atomic E-state index is 12.9. The molecule has 0 saturated carbocycles. The van der Waals surface area contributed by atoms with Gasteiger partial charge >= 0.3 is 5.97 Å². The van der Waals surface area contributed by atoms with Crippen molar-refractivity contribution in [1.29, 1.82) is 0 Å². The third-order valence-electron chi connectivity index (χ3n) is 5.65. The molecular formula is C25H26N4O3S3. The number of nitrogens with one attached hydrogen (secondary N) is 1. The van der Waals surface area contributed by atoms with Crippen LogP contribution in [0.3, 0.4) is 0 Å². The zero-order valence-electron chi connectivity index (χ0n) is 20.2. The van der Waals surface area contributed by atoms with Crippen LogP contribution < -0.4 is 5.32 Å². The van der Waals surface area contributed by atoms with Crippen molar-refractivity contribution in [3.8, 4) is 22.5 Å². The number of methoxy groups -OCH3 is 1. The number of nitrogens with zero attached hydrogens (tertiary/aromatic N) is 3. The average molecular weight is 527 g/mol. The quantitative estimate of drug-likeness (QED) is 0.225. The molecule has 0 bridgehead atoms. The molecule has 0 atom stereocenters. The Morgan fingerprint density at radius 2 is 1.89 bits per heavy atom. The average Bonchev–Trinajstić information content (AvgIpc) is 3.51. The standard InChI is InChI=1S/C25H26N4O3S3/c1-6-17-14(2)33-12-18(17)22-27-28-25(29(22)4)34-13-19(30)26-23-21(24(31)32-5)20(15(3)35-23)16-10-8-7-9-11-16/h7-12H,6,13H2,1-5H3,(H,26,30). The number of rotatable bonds is 8. The van der Waals surface area contributed by atoms with Crippen molar-refractivity contribution in [2.24, 2.45) is 7.05 Å². The molecule has 1 amide bonds. The largest absolute Gasteiger partial charge is 0.465 e. The van der Waals surface area contributed by atoms with Crippen molar-refractivity contribution in [2.75, 3.05) is 18.2 Å². The van der Waals surface area contributed by atoms with Gasteiger partial charge in [-0.1, -0.05) is 49.0 Å². The second-order valence-electron chi connectivity index (χ2n) is 7.83. The zero-order valence-corrected chi connectivity index (χ0v) is 22.6. The van der Waals surface area contributed by atoms with Crippen LogP contribution in [0.15, 0.2) is 40.9 Å². The lowest BCUT2D eigenvalue weighted by atomic mass is 10.0. The molecule has 1 aromatic carbocycles. The minimum Gasteiger partial charge on any atom is -0.465 e. The molecule has 0 aliphatic rings. The first kappa shape index (κ1) is 25.2. The monoisotopic (exact) mass is 526 g/mol. The summed E-state index contributed by atoms with van der Waals surface area (Å²) in [5, 5.41) is 14.8. The van der Waals surface area contributed by atoms with E-state index in [0.717, 1.165) is 33.8 Å². The van der Waals surface area contributed by atoms with Gasteiger partial charge < -0.3 is 14.6 Å². The minimum absolute atomic E-state index is 0.132. The molecule has 7 nitrogen and oxygen atoms in total. The van der Waals surface area contributed by atoms with E-state index in [1.165, 1.54) is 40.6 Å². The highest BCUT2D eigenvalue weighted by atomic mass is 32.2. The number of thiophene rings is 2. The van der Waals surface area contributed by atoms with Gasteiger partial charge in [-0.3, -0.25) is 4.79 Å². The topological polar surface area (TPSA) is 86.1 Å². The van der Waals surface area contributed by atoms with E-state index in [2.05, 4.69) is 34.7 Å². The Kier molecular flexibility index (Phi) is 7.73. The summed E-state index contributed by atoms with van der Waals surface area (Å²) >= 11 is 4.38. The molecule has 0 aliphatic carbocycles. The number of aryl methyl sites for hydroxylation is 2. The highest BCUT2D eigenvalue weighted by Crippen LogP contribution is 2.40. The molecule has 4 aromatic rings. The van der Waals surface area contributed by atoms with Crippen LogP contribution in [0.4, 0.5) is 5.00 Å². The molecule has 0 fully saturated rings. The lowest BCUT2D eigenvalue weighted by Gasteiger charge is -2.08. The van der Waals surface area contributed by atoms with Gasteiger partial charge in [0, 0.05) is 33.3 Å². The molecule has 4 rings (SSSR count). The van der Waals surface area contributed by atoms with Crippen LogP contribution in [0.25, 0.3) is 22.5 Å². The Labute approximate surface area is 216 Å². The van der Waals surface area contributed by atoms with E-state index in [9.17, 15) is 9.59 Å². The van der Waals surface area contributed by atoms with Crippen molar-refractivity contribution in [3.63, 3.8) is 0 Å². The fourth-order valence-electron chi connectivity index (χ4n) is 3.96. The summed E-state index contributed by atoms with van der Waals surface area (Å²) in [6.45, 7) is 6.18. The van der Waals surface area contributed by atoms with Gasteiger partial charge in [0.1, 0.15) is 10.6 Å². The zero-order chi connectivity index (χ0) is 25.1. The Balaban J connectivity index is 1.52. The lowest BCUT2D eigenvalue weighted by molar-refractivity contribution is -0.113. The van der Waals surface area contributed by atoms with Gasteiger partial charge in [0.2, 0.25) is 5.91 Å². The van der Waals surface area contributed by atoms with Crippen LogP contribution in [0.2, 0.25) is 0 Å². The van der Waals surface area contributed by atoms with Crippen LogP contribution in [-0.2, 0) is 23.0 Å².